The van der Waals surface area contributed by atoms with Crippen LogP contribution in [0.3, 0.4) is 0 Å². The molecule has 108 valence electrons. The molecule has 1 N–H and O–H groups in total. The first-order valence-electron chi connectivity index (χ1n) is 6.65. The van der Waals surface area contributed by atoms with E-state index in [1.807, 2.05) is 6.26 Å². The number of benzene rings is 1. The lowest BCUT2D eigenvalue weighted by Gasteiger charge is -2.16. The van der Waals surface area contributed by atoms with Gasteiger partial charge in [0.25, 0.3) is 0 Å². The maximum absolute atomic E-state index is 4.18. The Bertz CT molecular complexity index is 525. The number of thioether (sulfide) groups is 1. The normalized spacial score (nSPS) is 12.6. The Kier molecular flexibility index (Phi) is 6.35. The maximum Gasteiger partial charge on any atom is 0.179 e. The van der Waals surface area contributed by atoms with Crippen LogP contribution in [-0.2, 0) is 0 Å². The molecular weight excluding hydrogens is 306 g/mol. The number of rotatable bonds is 7. The fourth-order valence-electron chi connectivity index (χ4n) is 1.93. The van der Waals surface area contributed by atoms with Crippen molar-refractivity contribution >= 4 is 34.9 Å². The highest BCUT2D eigenvalue weighted by molar-refractivity contribution is 8.03. The molecule has 0 saturated carbocycles. The molecule has 0 radical (unpaired) electrons. The third kappa shape index (κ3) is 4.22. The summed E-state index contributed by atoms with van der Waals surface area (Å²) >= 11 is 4.96. The lowest BCUT2D eigenvalue weighted by molar-refractivity contribution is 0.537. The molecule has 6 heteroatoms. The van der Waals surface area contributed by atoms with Crippen LogP contribution < -0.4 is 5.32 Å². The zero-order chi connectivity index (χ0) is 14.4. The van der Waals surface area contributed by atoms with E-state index in [1.165, 1.54) is 10.5 Å². The summed E-state index contributed by atoms with van der Waals surface area (Å²) in [5, 5.41) is 11.8. The Morgan fingerprint density at radius 2 is 1.85 bits per heavy atom. The second-order valence-corrected chi connectivity index (χ2v) is 7.58. The van der Waals surface area contributed by atoms with Gasteiger partial charge in [-0.3, -0.25) is 0 Å². The quantitative estimate of drug-likeness (QED) is 0.760. The summed E-state index contributed by atoms with van der Waals surface area (Å²) in [6.07, 6.45) is 3.13. The molecule has 20 heavy (non-hydrogen) atoms. The summed E-state index contributed by atoms with van der Waals surface area (Å²) in [6.45, 7) is 5.35. The van der Waals surface area contributed by atoms with Gasteiger partial charge in [0.05, 0.1) is 0 Å². The molecule has 0 spiro atoms. The molecule has 0 fully saturated rings. The zero-order valence-corrected chi connectivity index (χ0v) is 14.4. The van der Waals surface area contributed by atoms with Crippen molar-refractivity contribution in [3.8, 4) is 0 Å². The number of hydrogen-bond acceptors (Lipinski definition) is 6. The van der Waals surface area contributed by atoms with Gasteiger partial charge in [-0.25, -0.2) is 0 Å². The Balaban J connectivity index is 2.03. The van der Waals surface area contributed by atoms with E-state index in [0.717, 1.165) is 21.6 Å². The van der Waals surface area contributed by atoms with Gasteiger partial charge in [-0.15, -0.1) is 10.2 Å². The van der Waals surface area contributed by atoms with Crippen LogP contribution in [-0.4, -0.2) is 23.0 Å². The van der Waals surface area contributed by atoms with Crippen molar-refractivity contribution in [3.63, 3.8) is 0 Å². The van der Waals surface area contributed by atoms with Gasteiger partial charge in [0.1, 0.15) is 0 Å². The van der Waals surface area contributed by atoms with Crippen molar-refractivity contribution in [3.05, 3.63) is 29.8 Å². The van der Waals surface area contributed by atoms with Gasteiger partial charge in [-0.2, -0.15) is 0 Å². The van der Waals surface area contributed by atoms with Crippen LogP contribution in [0.15, 0.2) is 37.8 Å². The minimum Gasteiger partial charge on any atom is -0.310 e. The molecule has 0 saturated heterocycles. The van der Waals surface area contributed by atoms with Crippen molar-refractivity contribution in [1.29, 1.82) is 0 Å². The van der Waals surface area contributed by atoms with Crippen LogP contribution in [0.5, 0.6) is 0 Å². The lowest BCUT2D eigenvalue weighted by atomic mass is 10.1. The van der Waals surface area contributed by atoms with Gasteiger partial charge < -0.3 is 5.32 Å². The zero-order valence-electron chi connectivity index (χ0n) is 11.9. The third-order valence-electron chi connectivity index (χ3n) is 2.91. The largest absolute Gasteiger partial charge is 0.310 e. The molecule has 0 aliphatic carbocycles. The lowest BCUT2D eigenvalue weighted by Crippen LogP contribution is -2.19. The SMILES string of the molecule is CCNC(CC)c1ccc(Sc2nnc(SC)s2)cc1. The van der Waals surface area contributed by atoms with Gasteiger partial charge in [0.15, 0.2) is 8.68 Å². The predicted molar refractivity (Wildman–Crippen MR) is 89.0 cm³/mol. The van der Waals surface area contributed by atoms with Gasteiger partial charge in [0.2, 0.25) is 0 Å². The molecule has 2 aromatic rings. The standard InChI is InChI=1S/C14H19N3S3/c1-4-12(15-5-2)10-6-8-11(9-7-10)19-14-17-16-13(18-3)20-14/h6-9,12,15H,4-5H2,1-3H3. The van der Waals surface area contributed by atoms with E-state index in [1.54, 1.807) is 34.9 Å². The molecule has 0 aliphatic heterocycles. The summed E-state index contributed by atoms with van der Waals surface area (Å²) in [5.41, 5.74) is 1.35. The average Bonchev–Trinajstić information content (AvgIpc) is 2.93. The minimum atomic E-state index is 0.448. The molecule has 0 aliphatic rings. The summed E-state index contributed by atoms with van der Waals surface area (Å²) in [5.74, 6) is 0. The molecule has 3 nitrogen and oxygen atoms in total. The number of hydrogen-bond donors (Lipinski definition) is 1. The predicted octanol–water partition coefficient (Wildman–Crippen LogP) is 4.47. The first-order chi connectivity index (χ1) is 9.76. The second kappa shape index (κ2) is 8.02. The highest BCUT2D eigenvalue weighted by Gasteiger charge is 2.09. The molecule has 0 amide bonds. The Hall–Kier alpha value is -0.560. The summed E-state index contributed by atoms with van der Waals surface area (Å²) in [6, 6.07) is 9.19. The Labute approximate surface area is 133 Å². The van der Waals surface area contributed by atoms with E-state index >= 15 is 0 Å². The molecule has 1 unspecified atom stereocenters. The van der Waals surface area contributed by atoms with Gasteiger partial charge >= 0.3 is 0 Å². The smallest absolute Gasteiger partial charge is 0.179 e. The molecule has 1 aromatic heterocycles. The highest BCUT2D eigenvalue weighted by Crippen LogP contribution is 2.33. The fourth-order valence-corrected chi connectivity index (χ4v) is 4.35. The van der Waals surface area contributed by atoms with Gasteiger partial charge in [0, 0.05) is 10.9 Å². The monoisotopic (exact) mass is 325 g/mol. The third-order valence-corrected chi connectivity index (χ3v) is 5.87. The molecule has 1 aromatic carbocycles. The van der Waals surface area contributed by atoms with Crippen LogP contribution in [0, 0.1) is 0 Å². The number of nitrogens with one attached hydrogen (secondary N) is 1. The minimum absolute atomic E-state index is 0.448. The van der Waals surface area contributed by atoms with Crippen LogP contribution in [0.2, 0.25) is 0 Å². The number of nitrogens with zero attached hydrogens (tertiary/aromatic N) is 2. The van der Waals surface area contributed by atoms with Crippen molar-refractivity contribution in [1.82, 2.24) is 15.5 Å². The van der Waals surface area contributed by atoms with E-state index in [9.17, 15) is 0 Å². The second-order valence-electron chi connectivity index (χ2n) is 4.23. The van der Waals surface area contributed by atoms with E-state index in [-0.39, 0.29) is 0 Å². The topological polar surface area (TPSA) is 37.8 Å². The van der Waals surface area contributed by atoms with Crippen LogP contribution in [0.1, 0.15) is 31.9 Å². The first-order valence-corrected chi connectivity index (χ1v) is 9.51. The van der Waals surface area contributed by atoms with Crippen LogP contribution in [0.4, 0.5) is 0 Å². The Morgan fingerprint density at radius 1 is 1.15 bits per heavy atom. The van der Waals surface area contributed by atoms with E-state index < -0.39 is 0 Å². The summed E-state index contributed by atoms with van der Waals surface area (Å²) < 4.78 is 2.02. The fraction of sp³-hybridized carbons (Fsp3) is 0.429. The first kappa shape index (κ1) is 15.8. The van der Waals surface area contributed by atoms with E-state index in [4.69, 9.17) is 0 Å². The molecule has 0 bridgehead atoms. The summed E-state index contributed by atoms with van der Waals surface area (Å²) in [7, 11) is 0. The van der Waals surface area contributed by atoms with E-state index in [0.29, 0.717) is 6.04 Å². The van der Waals surface area contributed by atoms with Crippen LogP contribution in [0.25, 0.3) is 0 Å². The molecular formula is C14H19N3S3. The highest BCUT2D eigenvalue weighted by atomic mass is 32.2. The van der Waals surface area contributed by atoms with Crippen LogP contribution >= 0.6 is 34.9 Å². The molecule has 1 atom stereocenters. The maximum atomic E-state index is 4.18. The average molecular weight is 326 g/mol. The molecule has 1 heterocycles. The van der Waals surface area contributed by atoms with Crippen molar-refractivity contribution < 1.29 is 0 Å². The van der Waals surface area contributed by atoms with Crippen molar-refractivity contribution in [2.24, 2.45) is 0 Å². The van der Waals surface area contributed by atoms with E-state index in [2.05, 4.69) is 53.6 Å². The van der Waals surface area contributed by atoms with Gasteiger partial charge in [-0.1, -0.05) is 60.8 Å². The summed E-state index contributed by atoms with van der Waals surface area (Å²) in [4.78, 5) is 1.21. The Morgan fingerprint density at radius 3 is 2.40 bits per heavy atom. The number of aromatic nitrogens is 2. The van der Waals surface area contributed by atoms with Crippen molar-refractivity contribution in [2.75, 3.05) is 12.8 Å². The van der Waals surface area contributed by atoms with Gasteiger partial charge in [-0.05, 0) is 36.9 Å². The van der Waals surface area contributed by atoms with Crippen molar-refractivity contribution in [2.45, 2.75) is 39.9 Å². The molecule has 2 rings (SSSR count).